The number of ether oxygens (including phenoxy) is 1. The van der Waals surface area contributed by atoms with Crippen molar-refractivity contribution in [1.29, 1.82) is 0 Å². The van der Waals surface area contributed by atoms with Crippen LogP contribution in [0.4, 0.5) is 4.39 Å². The van der Waals surface area contributed by atoms with E-state index in [4.69, 9.17) is 20.8 Å². The van der Waals surface area contributed by atoms with Crippen LogP contribution < -0.4 is 5.32 Å². The summed E-state index contributed by atoms with van der Waals surface area (Å²) in [6.07, 6.45) is 5.82. The van der Waals surface area contributed by atoms with Crippen LogP contribution in [0.15, 0.2) is 71.5 Å². The number of carbonyl (C=O) groups is 2. The van der Waals surface area contributed by atoms with Crippen molar-refractivity contribution in [1.82, 2.24) is 19.9 Å². The maximum atomic E-state index is 13.2. The second-order valence-electron chi connectivity index (χ2n) is 8.96. The molecule has 1 N–H and O–H groups in total. The molecule has 37 heavy (non-hydrogen) atoms. The zero-order chi connectivity index (χ0) is 25.5. The third-order valence-electron chi connectivity index (χ3n) is 6.51. The number of hydrogen-bond acceptors (Lipinski definition) is 6. The zero-order valence-electron chi connectivity index (χ0n) is 19.4. The molecule has 0 atom stereocenters. The lowest BCUT2D eigenvalue weighted by molar-refractivity contribution is 0.00218. The summed E-state index contributed by atoms with van der Waals surface area (Å²) in [6.45, 7) is 0.0891. The van der Waals surface area contributed by atoms with Crippen LogP contribution in [-0.4, -0.2) is 32.6 Å². The lowest BCUT2D eigenvalue weighted by Crippen LogP contribution is -2.32. The van der Waals surface area contributed by atoms with E-state index in [9.17, 15) is 14.0 Å². The number of rotatable bonds is 6. The van der Waals surface area contributed by atoms with E-state index >= 15 is 0 Å². The molecule has 0 aliphatic heterocycles. The molecular formula is C27H20ClFN4O4. The number of carbonyl (C=O) groups excluding carboxylic acids is 2. The Kier molecular flexibility index (Phi) is 5.84. The molecule has 0 bridgehead atoms. The third kappa shape index (κ3) is 4.53. The molecule has 1 aliphatic rings. The number of fused-ring (bicyclic) bond motifs is 2. The number of furan rings is 1. The molecular weight excluding hydrogens is 499 g/mol. The second kappa shape index (κ2) is 9.33. The van der Waals surface area contributed by atoms with E-state index in [-0.39, 0.29) is 35.9 Å². The van der Waals surface area contributed by atoms with Gasteiger partial charge in [0.25, 0.3) is 5.91 Å². The highest BCUT2D eigenvalue weighted by molar-refractivity contribution is 6.32. The fourth-order valence-electron chi connectivity index (χ4n) is 4.54. The third-order valence-corrected chi connectivity index (χ3v) is 6.73. The molecule has 8 nitrogen and oxygen atoms in total. The quantitative estimate of drug-likeness (QED) is 0.306. The van der Waals surface area contributed by atoms with Crippen LogP contribution in [0.5, 0.6) is 0 Å². The van der Waals surface area contributed by atoms with Crippen molar-refractivity contribution in [2.45, 2.75) is 31.4 Å². The van der Waals surface area contributed by atoms with E-state index in [1.165, 1.54) is 28.9 Å². The molecule has 0 radical (unpaired) electrons. The Morgan fingerprint density at radius 1 is 1.16 bits per heavy atom. The summed E-state index contributed by atoms with van der Waals surface area (Å²) in [6, 6.07) is 13.0. The molecule has 1 fully saturated rings. The summed E-state index contributed by atoms with van der Waals surface area (Å²) in [5.41, 5.74) is 2.36. The van der Waals surface area contributed by atoms with Gasteiger partial charge in [0, 0.05) is 22.8 Å². The van der Waals surface area contributed by atoms with Gasteiger partial charge in [0.15, 0.2) is 5.65 Å². The maximum absolute atomic E-state index is 13.2. The van der Waals surface area contributed by atoms with Gasteiger partial charge in [-0.25, -0.2) is 18.7 Å². The van der Waals surface area contributed by atoms with Crippen molar-refractivity contribution in [2.24, 2.45) is 0 Å². The number of benzene rings is 2. The molecule has 3 heterocycles. The predicted molar refractivity (Wildman–Crippen MR) is 133 cm³/mol. The van der Waals surface area contributed by atoms with E-state index in [2.05, 4.69) is 15.4 Å². The van der Waals surface area contributed by atoms with E-state index in [0.29, 0.717) is 45.8 Å². The van der Waals surface area contributed by atoms with Crippen molar-refractivity contribution in [3.8, 4) is 0 Å². The second-order valence-corrected chi connectivity index (χ2v) is 9.40. The van der Waals surface area contributed by atoms with Gasteiger partial charge in [-0.2, -0.15) is 5.10 Å². The molecule has 0 unspecified atom stereocenters. The largest absolute Gasteiger partial charge is 0.459 e. The Bertz CT molecular complexity index is 1640. The Morgan fingerprint density at radius 3 is 2.78 bits per heavy atom. The van der Waals surface area contributed by atoms with Crippen molar-refractivity contribution < 1.29 is 23.1 Å². The van der Waals surface area contributed by atoms with Gasteiger partial charge in [0.1, 0.15) is 34.4 Å². The van der Waals surface area contributed by atoms with Crippen molar-refractivity contribution in [2.75, 3.05) is 0 Å². The van der Waals surface area contributed by atoms with E-state index in [1.807, 2.05) is 0 Å². The van der Waals surface area contributed by atoms with Crippen molar-refractivity contribution >= 4 is 40.1 Å². The molecule has 1 amide bonds. The SMILES string of the molecule is O=C(OC1CC(c2ccc(F)cc2)C1)c1cc(Cl)cc2cc(CNC(=O)c3cnn4cccnc34)oc12. The van der Waals surface area contributed by atoms with Gasteiger partial charge in [-0.15, -0.1) is 0 Å². The van der Waals surface area contributed by atoms with Crippen LogP contribution in [0, 0.1) is 5.82 Å². The highest BCUT2D eigenvalue weighted by atomic mass is 35.5. The summed E-state index contributed by atoms with van der Waals surface area (Å²) in [4.78, 5) is 29.9. The number of halogens is 2. The first-order valence-corrected chi connectivity index (χ1v) is 12.1. The molecule has 1 aliphatic carbocycles. The summed E-state index contributed by atoms with van der Waals surface area (Å²) in [5, 5.41) is 7.90. The molecule has 5 aromatic rings. The molecule has 0 spiro atoms. The highest BCUT2D eigenvalue weighted by Crippen LogP contribution is 2.39. The van der Waals surface area contributed by atoms with Gasteiger partial charge in [-0.05, 0) is 60.7 Å². The Hall–Kier alpha value is -4.24. The Morgan fingerprint density at radius 2 is 1.97 bits per heavy atom. The molecule has 3 aromatic heterocycles. The first-order chi connectivity index (χ1) is 17.9. The van der Waals surface area contributed by atoms with Gasteiger partial charge in [0.05, 0.1) is 12.7 Å². The van der Waals surface area contributed by atoms with Gasteiger partial charge in [-0.1, -0.05) is 23.7 Å². The lowest BCUT2D eigenvalue weighted by Gasteiger charge is -2.35. The van der Waals surface area contributed by atoms with Crippen LogP contribution in [-0.2, 0) is 11.3 Å². The number of amides is 1. The van der Waals surface area contributed by atoms with Gasteiger partial charge < -0.3 is 14.5 Å². The first-order valence-electron chi connectivity index (χ1n) is 11.7. The minimum Gasteiger partial charge on any atom is -0.459 e. The molecule has 186 valence electrons. The van der Waals surface area contributed by atoms with Crippen LogP contribution in [0.25, 0.3) is 16.6 Å². The van der Waals surface area contributed by atoms with E-state index < -0.39 is 5.97 Å². The summed E-state index contributed by atoms with van der Waals surface area (Å²) in [7, 11) is 0. The number of aromatic nitrogens is 3. The van der Waals surface area contributed by atoms with E-state index in [1.54, 1.807) is 42.7 Å². The van der Waals surface area contributed by atoms with Crippen LogP contribution in [0.3, 0.4) is 0 Å². The summed E-state index contributed by atoms with van der Waals surface area (Å²) >= 11 is 6.26. The average Bonchev–Trinajstić information content (AvgIpc) is 3.48. The smallest absolute Gasteiger partial charge is 0.342 e. The van der Waals surface area contributed by atoms with Gasteiger partial charge in [0.2, 0.25) is 0 Å². The monoisotopic (exact) mass is 518 g/mol. The number of nitrogens with one attached hydrogen (secondary N) is 1. The molecule has 0 saturated heterocycles. The predicted octanol–water partition coefficient (Wildman–Crippen LogP) is 5.30. The van der Waals surface area contributed by atoms with Gasteiger partial charge in [-0.3, -0.25) is 4.79 Å². The fourth-order valence-corrected chi connectivity index (χ4v) is 4.77. The average molecular weight is 519 g/mol. The molecule has 1 saturated carbocycles. The van der Waals surface area contributed by atoms with Crippen molar-refractivity contribution in [3.63, 3.8) is 0 Å². The minimum atomic E-state index is -0.530. The van der Waals surface area contributed by atoms with Crippen LogP contribution >= 0.6 is 11.6 Å². The standard InChI is InChI=1S/C27H20ClFN4O4/c28-18-8-17-11-21(13-31-26(34)23-14-32-33-7-1-6-30-25(23)33)36-24(17)22(12-18)27(35)37-20-9-16(10-20)15-2-4-19(29)5-3-15/h1-8,11-12,14,16,20H,9-10,13H2,(H,31,34). The van der Waals surface area contributed by atoms with Gasteiger partial charge >= 0.3 is 5.97 Å². The highest BCUT2D eigenvalue weighted by Gasteiger charge is 2.34. The normalized spacial score (nSPS) is 17.0. The number of hydrogen-bond donors (Lipinski definition) is 1. The Labute approximate surface area is 215 Å². The minimum absolute atomic E-state index is 0.0891. The van der Waals surface area contributed by atoms with Crippen LogP contribution in [0.2, 0.25) is 5.02 Å². The zero-order valence-corrected chi connectivity index (χ0v) is 20.1. The van der Waals surface area contributed by atoms with Crippen molar-refractivity contribution in [3.05, 3.63) is 100 Å². The number of esters is 1. The molecule has 10 heteroatoms. The fraction of sp³-hybridized carbons (Fsp3) is 0.185. The topological polar surface area (TPSA) is 98.7 Å². The molecule has 6 rings (SSSR count). The Balaban J connectivity index is 1.14. The number of nitrogens with zero attached hydrogens (tertiary/aromatic N) is 3. The molecule has 2 aromatic carbocycles. The van der Waals surface area contributed by atoms with Crippen LogP contribution in [0.1, 0.15) is 50.8 Å². The summed E-state index contributed by atoms with van der Waals surface area (Å²) in [5.74, 6) is -0.491. The first kappa shape index (κ1) is 23.2. The summed E-state index contributed by atoms with van der Waals surface area (Å²) < 4.78 is 26.3. The van der Waals surface area contributed by atoms with E-state index in [0.717, 1.165) is 5.56 Å². The maximum Gasteiger partial charge on any atom is 0.342 e. The lowest BCUT2D eigenvalue weighted by atomic mass is 9.77.